The van der Waals surface area contributed by atoms with E-state index in [9.17, 15) is 13.2 Å². The molecule has 3 rings (SSSR count). The van der Waals surface area contributed by atoms with Crippen LogP contribution in [0.1, 0.15) is 32.6 Å². The van der Waals surface area contributed by atoms with Crippen LogP contribution in [-0.4, -0.2) is 27.5 Å². The maximum absolute atomic E-state index is 12.7. The van der Waals surface area contributed by atoms with E-state index in [0.29, 0.717) is 24.4 Å². The maximum atomic E-state index is 12.7. The summed E-state index contributed by atoms with van der Waals surface area (Å²) >= 11 is 0. The summed E-state index contributed by atoms with van der Waals surface area (Å²) in [5.74, 6) is 0.493. The van der Waals surface area contributed by atoms with Gasteiger partial charge >= 0.3 is 0 Å². The highest BCUT2D eigenvalue weighted by molar-refractivity contribution is 7.92. The van der Waals surface area contributed by atoms with Crippen molar-refractivity contribution in [1.82, 2.24) is 5.32 Å². The molecule has 0 aliphatic heterocycles. The highest BCUT2D eigenvalue weighted by Gasteiger charge is 2.16. The Morgan fingerprint density at radius 3 is 2.34 bits per heavy atom. The second-order valence-corrected chi connectivity index (χ2v) is 9.43. The Bertz CT molecular complexity index is 1220. The molecular formula is C25H28N2O4S. The lowest BCUT2D eigenvalue weighted by molar-refractivity contribution is 0.0947. The normalized spacial score (nSPS) is 11.1. The van der Waals surface area contributed by atoms with Gasteiger partial charge in [-0.3, -0.25) is 9.52 Å². The van der Waals surface area contributed by atoms with Crippen molar-refractivity contribution in [3.8, 4) is 5.75 Å². The van der Waals surface area contributed by atoms with Crippen LogP contribution in [0.3, 0.4) is 0 Å². The van der Waals surface area contributed by atoms with Gasteiger partial charge in [0.25, 0.3) is 15.9 Å². The molecule has 2 N–H and O–H groups in total. The fourth-order valence-electron chi connectivity index (χ4n) is 3.10. The molecule has 0 bridgehead atoms. The largest absolute Gasteiger partial charge is 0.491 e. The molecule has 3 aromatic rings. The number of carbonyl (C=O) groups excluding carboxylic acids is 1. The van der Waals surface area contributed by atoms with E-state index >= 15 is 0 Å². The molecule has 0 fully saturated rings. The van der Waals surface area contributed by atoms with E-state index in [2.05, 4.69) is 10.0 Å². The maximum Gasteiger partial charge on any atom is 0.261 e. The first kappa shape index (κ1) is 23.3. The predicted octanol–water partition coefficient (Wildman–Crippen LogP) is 4.53. The second kappa shape index (κ2) is 9.87. The van der Waals surface area contributed by atoms with Gasteiger partial charge in [0.1, 0.15) is 12.4 Å². The van der Waals surface area contributed by atoms with Gasteiger partial charge in [0.2, 0.25) is 0 Å². The number of aryl methyl sites for hydroxylation is 3. The van der Waals surface area contributed by atoms with Gasteiger partial charge in [0, 0.05) is 5.56 Å². The number of amides is 1. The Morgan fingerprint density at radius 2 is 1.62 bits per heavy atom. The minimum absolute atomic E-state index is 0.168. The third kappa shape index (κ3) is 5.68. The van der Waals surface area contributed by atoms with Crippen molar-refractivity contribution < 1.29 is 17.9 Å². The zero-order valence-electron chi connectivity index (χ0n) is 18.7. The van der Waals surface area contributed by atoms with E-state index in [0.717, 1.165) is 28.0 Å². The van der Waals surface area contributed by atoms with Crippen LogP contribution >= 0.6 is 0 Å². The monoisotopic (exact) mass is 452 g/mol. The van der Waals surface area contributed by atoms with E-state index < -0.39 is 10.0 Å². The number of hydrogen-bond donors (Lipinski definition) is 2. The van der Waals surface area contributed by atoms with E-state index in [1.165, 1.54) is 0 Å². The highest BCUT2D eigenvalue weighted by Crippen LogP contribution is 2.22. The predicted molar refractivity (Wildman–Crippen MR) is 127 cm³/mol. The third-order valence-electron chi connectivity index (χ3n) is 5.28. The topological polar surface area (TPSA) is 84.5 Å². The average Bonchev–Trinajstić information content (AvgIpc) is 2.75. The Morgan fingerprint density at radius 1 is 0.906 bits per heavy atom. The molecule has 0 radical (unpaired) electrons. The molecule has 0 aliphatic rings. The fraction of sp³-hybridized carbons (Fsp3) is 0.240. The van der Waals surface area contributed by atoms with Gasteiger partial charge in [-0.05, 0) is 74.7 Å². The summed E-state index contributed by atoms with van der Waals surface area (Å²) in [6, 6.07) is 17.4. The number of ether oxygens (including phenoxy) is 1. The lowest BCUT2D eigenvalue weighted by Gasteiger charge is -2.13. The number of nitrogens with one attached hydrogen (secondary N) is 2. The molecule has 0 unspecified atom stereocenters. The third-order valence-corrected chi connectivity index (χ3v) is 6.66. The summed E-state index contributed by atoms with van der Waals surface area (Å²) in [5, 5.41) is 2.81. The first-order valence-corrected chi connectivity index (χ1v) is 11.8. The molecule has 0 aliphatic carbocycles. The Hall–Kier alpha value is -3.32. The number of anilines is 1. The molecule has 1 amide bonds. The molecule has 0 spiro atoms. The van der Waals surface area contributed by atoms with Gasteiger partial charge in [-0.15, -0.1) is 0 Å². The molecule has 6 nitrogen and oxygen atoms in total. The quantitative estimate of drug-likeness (QED) is 0.492. The summed E-state index contributed by atoms with van der Waals surface area (Å²) in [7, 11) is -3.76. The Labute approximate surface area is 189 Å². The number of benzene rings is 3. The van der Waals surface area contributed by atoms with Gasteiger partial charge in [-0.1, -0.05) is 35.9 Å². The number of hydrogen-bond acceptors (Lipinski definition) is 4. The number of sulfonamides is 1. The van der Waals surface area contributed by atoms with Crippen LogP contribution in [0.5, 0.6) is 5.75 Å². The van der Waals surface area contributed by atoms with Crippen molar-refractivity contribution in [2.24, 2.45) is 0 Å². The van der Waals surface area contributed by atoms with Crippen molar-refractivity contribution in [2.45, 2.75) is 32.6 Å². The zero-order valence-corrected chi connectivity index (χ0v) is 19.5. The second-order valence-electron chi connectivity index (χ2n) is 7.75. The molecule has 168 valence electrons. The van der Waals surface area contributed by atoms with Crippen molar-refractivity contribution in [2.75, 3.05) is 17.9 Å². The molecule has 3 aromatic carbocycles. The summed E-state index contributed by atoms with van der Waals surface area (Å²) in [6.07, 6.45) is 0. The van der Waals surface area contributed by atoms with Crippen LogP contribution in [0.4, 0.5) is 5.69 Å². The molecule has 32 heavy (non-hydrogen) atoms. The molecular weight excluding hydrogens is 424 g/mol. The number of rotatable bonds is 8. The molecule has 0 atom stereocenters. The van der Waals surface area contributed by atoms with Crippen LogP contribution in [0.25, 0.3) is 0 Å². The molecule has 0 saturated carbocycles. The standard InChI is InChI=1S/C25H28N2O4S/c1-17-8-12-22(13-9-17)32(29,30)27-23-16-21(11-10-19(23)3)25(28)26-14-15-31-24-7-5-6-18(2)20(24)4/h5-13,16,27H,14-15H2,1-4H3,(H,26,28). The lowest BCUT2D eigenvalue weighted by atomic mass is 10.1. The van der Waals surface area contributed by atoms with Crippen LogP contribution < -0.4 is 14.8 Å². The lowest BCUT2D eigenvalue weighted by Crippen LogP contribution is -2.28. The summed E-state index contributed by atoms with van der Waals surface area (Å²) in [5.41, 5.74) is 4.64. The van der Waals surface area contributed by atoms with E-state index in [4.69, 9.17) is 4.74 Å². The summed E-state index contributed by atoms with van der Waals surface area (Å²) in [4.78, 5) is 12.7. The molecule has 0 aromatic heterocycles. The Balaban J connectivity index is 1.63. The first-order chi connectivity index (χ1) is 15.2. The molecule has 7 heteroatoms. The van der Waals surface area contributed by atoms with E-state index in [1.807, 2.05) is 39.0 Å². The van der Waals surface area contributed by atoms with Crippen LogP contribution in [0, 0.1) is 27.7 Å². The van der Waals surface area contributed by atoms with E-state index in [1.54, 1.807) is 49.4 Å². The van der Waals surface area contributed by atoms with Crippen molar-refractivity contribution >= 4 is 21.6 Å². The smallest absolute Gasteiger partial charge is 0.261 e. The fourth-order valence-corrected chi connectivity index (χ4v) is 4.22. The first-order valence-electron chi connectivity index (χ1n) is 10.3. The van der Waals surface area contributed by atoms with Crippen LogP contribution in [0.2, 0.25) is 0 Å². The van der Waals surface area contributed by atoms with Gasteiger partial charge < -0.3 is 10.1 Å². The number of carbonyl (C=O) groups is 1. The highest BCUT2D eigenvalue weighted by atomic mass is 32.2. The minimum Gasteiger partial charge on any atom is -0.491 e. The SMILES string of the molecule is Cc1ccc(S(=O)(=O)Nc2cc(C(=O)NCCOc3cccc(C)c3C)ccc2C)cc1. The van der Waals surface area contributed by atoms with Crippen molar-refractivity contribution in [1.29, 1.82) is 0 Å². The van der Waals surface area contributed by atoms with Crippen molar-refractivity contribution in [3.63, 3.8) is 0 Å². The molecule has 0 saturated heterocycles. The Kier molecular flexibility index (Phi) is 7.20. The van der Waals surface area contributed by atoms with Crippen molar-refractivity contribution in [3.05, 3.63) is 88.5 Å². The van der Waals surface area contributed by atoms with E-state index in [-0.39, 0.29) is 10.8 Å². The average molecular weight is 453 g/mol. The summed E-state index contributed by atoms with van der Waals surface area (Å²) < 4.78 is 33.8. The van der Waals surface area contributed by atoms with Gasteiger partial charge in [0.15, 0.2) is 0 Å². The minimum atomic E-state index is -3.76. The zero-order chi connectivity index (χ0) is 23.3. The van der Waals surface area contributed by atoms with Crippen LogP contribution in [-0.2, 0) is 10.0 Å². The van der Waals surface area contributed by atoms with Gasteiger partial charge in [0.05, 0.1) is 17.1 Å². The summed E-state index contributed by atoms with van der Waals surface area (Å²) in [6.45, 7) is 8.34. The van der Waals surface area contributed by atoms with Gasteiger partial charge in [-0.25, -0.2) is 8.42 Å². The van der Waals surface area contributed by atoms with Crippen LogP contribution in [0.15, 0.2) is 65.6 Å². The molecule has 0 heterocycles. The van der Waals surface area contributed by atoms with Gasteiger partial charge in [-0.2, -0.15) is 0 Å².